The summed E-state index contributed by atoms with van der Waals surface area (Å²) in [6.07, 6.45) is 9.90. The van der Waals surface area contributed by atoms with Crippen molar-refractivity contribution in [2.75, 3.05) is 25.2 Å². The molecular weight excluding hydrogens is 479 g/mol. The maximum absolute atomic E-state index is 14.0. The van der Waals surface area contributed by atoms with Gasteiger partial charge in [0.25, 0.3) is 0 Å². The minimum Gasteiger partial charge on any atom is -0.337 e. The third-order valence-corrected chi connectivity index (χ3v) is 7.78. The van der Waals surface area contributed by atoms with Crippen LogP contribution in [0.4, 0.5) is 10.3 Å². The number of hydrogen-bond donors (Lipinski definition) is 3. The van der Waals surface area contributed by atoms with Gasteiger partial charge in [-0.3, -0.25) is 10.4 Å². The van der Waals surface area contributed by atoms with Crippen molar-refractivity contribution in [1.82, 2.24) is 30.4 Å². The van der Waals surface area contributed by atoms with Crippen LogP contribution in [0.15, 0.2) is 24.5 Å². The summed E-state index contributed by atoms with van der Waals surface area (Å²) in [4.78, 5) is 16.4. The molecule has 1 aliphatic carbocycles. The summed E-state index contributed by atoms with van der Waals surface area (Å²) in [7, 11) is 1.71. The number of hydrazine groups is 1. The highest BCUT2D eigenvalue weighted by atomic mass is 35.5. The summed E-state index contributed by atoms with van der Waals surface area (Å²) in [5.74, 6) is 2.22. The summed E-state index contributed by atoms with van der Waals surface area (Å²) >= 11 is 6.33. The third-order valence-electron chi connectivity index (χ3n) is 7.58. The zero-order valence-corrected chi connectivity index (χ0v) is 21.7. The largest absolute Gasteiger partial charge is 0.337 e. The fourth-order valence-electron chi connectivity index (χ4n) is 5.63. The first-order valence-electron chi connectivity index (χ1n) is 12.8. The van der Waals surface area contributed by atoms with E-state index < -0.39 is 6.67 Å². The topological polar surface area (TPSA) is 94.8 Å². The van der Waals surface area contributed by atoms with Crippen LogP contribution in [0.5, 0.6) is 0 Å². The Labute approximate surface area is 216 Å². The first-order chi connectivity index (χ1) is 17.5. The van der Waals surface area contributed by atoms with Crippen LogP contribution in [-0.2, 0) is 6.54 Å². The smallest absolute Gasteiger partial charge is 0.206 e. The lowest BCUT2D eigenvalue weighted by Crippen LogP contribution is -2.34. The first-order valence-corrected chi connectivity index (χ1v) is 13.2. The Bertz CT molecular complexity index is 1240. The van der Waals surface area contributed by atoms with E-state index in [0.717, 1.165) is 54.4 Å². The molecular formula is C26H34ClFN8. The van der Waals surface area contributed by atoms with Crippen molar-refractivity contribution in [3.8, 4) is 11.3 Å². The predicted octanol–water partition coefficient (Wildman–Crippen LogP) is 4.96. The van der Waals surface area contributed by atoms with E-state index in [1.807, 2.05) is 12.1 Å². The van der Waals surface area contributed by atoms with Gasteiger partial charge in [-0.15, -0.1) is 0 Å². The summed E-state index contributed by atoms with van der Waals surface area (Å²) < 4.78 is 16.3. The zero-order chi connectivity index (χ0) is 25.2. The molecule has 0 bridgehead atoms. The number of halogens is 2. The minimum atomic E-state index is -0.393. The summed E-state index contributed by atoms with van der Waals surface area (Å²) in [5.41, 5.74) is 9.13. The van der Waals surface area contributed by atoms with Gasteiger partial charge in [0.1, 0.15) is 12.4 Å². The van der Waals surface area contributed by atoms with E-state index in [4.69, 9.17) is 27.0 Å². The molecule has 10 heteroatoms. The van der Waals surface area contributed by atoms with Gasteiger partial charge in [0.2, 0.25) is 5.95 Å². The van der Waals surface area contributed by atoms with Crippen LogP contribution in [0.3, 0.4) is 0 Å². The average Bonchev–Trinajstić information content (AvgIpc) is 3.49. The summed E-state index contributed by atoms with van der Waals surface area (Å²) in [6, 6.07) is 3.52. The van der Waals surface area contributed by atoms with Crippen LogP contribution in [0.1, 0.15) is 51.1 Å². The number of anilines is 1. The minimum absolute atomic E-state index is 0.135. The summed E-state index contributed by atoms with van der Waals surface area (Å²) in [5, 5.41) is 8.96. The molecule has 0 radical (unpaired) electrons. The number of hydrogen-bond acceptors (Lipinski definition) is 6. The molecule has 192 valence electrons. The third kappa shape index (κ3) is 4.91. The molecule has 3 aromatic rings. The Morgan fingerprint density at radius 1 is 1.17 bits per heavy atom. The molecule has 3 N–H and O–H groups in total. The molecule has 36 heavy (non-hydrogen) atoms. The van der Waals surface area contributed by atoms with Crippen LogP contribution in [0.2, 0.25) is 5.02 Å². The number of aromatic nitrogens is 4. The van der Waals surface area contributed by atoms with Crippen LogP contribution < -0.4 is 15.8 Å². The van der Waals surface area contributed by atoms with Crippen molar-refractivity contribution in [2.24, 2.45) is 11.8 Å². The van der Waals surface area contributed by atoms with Gasteiger partial charge in [0.05, 0.1) is 27.8 Å². The van der Waals surface area contributed by atoms with E-state index in [2.05, 4.69) is 32.2 Å². The van der Waals surface area contributed by atoms with Crippen molar-refractivity contribution in [2.45, 2.75) is 58.0 Å². The van der Waals surface area contributed by atoms with Crippen molar-refractivity contribution >= 4 is 34.4 Å². The number of alkyl halides is 1. The molecule has 4 heterocycles. The van der Waals surface area contributed by atoms with Gasteiger partial charge in [-0.25, -0.2) is 19.8 Å². The van der Waals surface area contributed by atoms with Crippen LogP contribution in [0.25, 0.3) is 22.3 Å². The number of rotatable bonds is 7. The lowest BCUT2D eigenvalue weighted by Gasteiger charge is -2.29. The van der Waals surface area contributed by atoms with E-state index in [9.17, 15) is 4.39 Å². The highest BCUT2D eigenvalue weighted by Crippen LogP contribution is 2.37. The van der Waals surface area contributed by atoms with Crippen LogP contribution in [0, 0.1) is 17.2 Å². The molecule has 0 unspecified atom stereocenters. The first kappa shape index (κ1) is 24.9. The van der Waals surface area contributed by atoms with E-state index >= 15 is 0 Å². The fourth-order valence-corrected chi connectivity index (χ4v) is 5.80. The van der Waals surface area contributed by atoms with Crippen LogP contribution in [-0.4, -0.2) is 51.7 Å². The number of fused-ring (bicyclic) bond motifs is 1. The highest BCUT2D eigenvalue weighted by molar-refractivity contribution is 6.30. The Hall–Kier alpha value is -2.78. The Kier molecular flexibility index (Phi) is 7.39. The average molecular weight is 513 g/mol. The molecule has 1 atom stereocenters. The molecule has 2 aliphatic rings. The number of pyridine rings is 2. The van der Waals surface area contributed by atoms with Gasteiger partial charge in [-0.05, 0) is 49.7 Å². The van der Waals surface area contributed by atoms with Crippen molar-refractivity contribution in [3.63, 3.8) is 0 Å². The van der Waals surface area contributed by atoms with Gasteiger partial charge in [0, 0.05) is 38.1 Å². The van der Waals surface area contributed by atoms with E-state index in [1.54, 1.807) is 19.4 Å². The van der Waals surface area contributed by atoms with Crippen molar-refractivity contribution in [3.05, 3.63) is 35.2 Å². The molecule has 2 fully saturated rings. The molecule has 1 saturated heterocycles. The van der Waals surface area contributed by atoms with Crippen molar-refractivity contribution in [1.29, 1.82) is 5.41 Å². The molecule has 1 aliphatic heterocycles. The van der Waals surface area contributed by atoms with E-state index in [0.29, 0.717) is 22.3 Å². The lowest BCUT2D eigenvalue weighted by molar-refractivity contribution is 0.266. The van der Waals surface area contributed by atoms with Crippen LogP contribution >= 0.6 is 11.6 Å². The predicted molar refractivity (Wildman–Crippen MR) is 142 cm³/mol. The Morgan fingerprint density at radius 3 is 2.69 bits per heavy atom. The number of nitrogens with one attached hydrogen (secondary N) is 3. The molecule has 8 nitrogen and oxygen atoms in total. The molecule has 0 amide bonds. The Balaban J connectivity index is 1.71. The second-order valence-corrected chi connectivity index (χ2v) is 10.6. The molecule has 5 rings (SSSR count). The second kappa shape index (κ2) is 10.7. The van der Waals surface area contributed by atoms with Crippen molar-refractivity contribution < 1.29 is 4.39 Å². The highest BCUT2D eigenvalue weighted by Gasteiger charge is 2.31. The standard InChI is InChI=1S/C26H34ClFN8/c1-16-5-7-17(8-6-16)15-36-24-21(33-26(36)35-9-3-4-20(35)12-28)11-22(25(29)34-30-2)32-23(24)18-10-19(27)14-31-13-18/h10-11,13-14,16-17,20,30H,3-9,12,15H2,1-2H3,(H2,29,34)/t16-,17-,20-/m0/s1. The monoisotopic (exact) mass is 512 g/mol. The van der Waals surface area contributed by atoms with Gasteiger partial charge in [-0.1, -0.05) is 31.4 Å². The SMILES string of the molecule is CNNC(=N)c1cc2nc(N3CCC[C@H]3CF)n(C[C@H]3CC[C@H](C)CC3)c2c(-c2cncc(Cl)c2)n1. The molecule has 0 aromatic carbocycles. The zero-order valence-electron chi connectivity index (χ0n) is 20.9. The molecule has 0 spiro atoms. The number of imidazole rings is 1. The van der Waals surface area contributed by atoms with E-state index in [-0.39, 0.29) is 11.9 Å². The molecule has 3 aromatic heterocycles. The second-order valence-electron chi connectivity index (χ2n) is 10.2. The van der Waals surface area contributed by atoms with E-state index in [1.165, 1.54) is 25.7 Å². The normalized spacial score (nSPS) is 22.3. The maximum atomic E-state index is 14.0. The van der Waals surface area contributed by atoms with Gasteiger partial charge >= 0.3 is 0 Å². The summed E-state index contributed by atoms with van der Waals surface area (Å²) in [6.45, 7) is 3.52. The molecule has 1 saturated carbocycles. The van der Waals surface area contributed by atoms with Gasteiger partial charge in [-0.2, -0.15) is 0 Å². The quantitative estimate of drug-likeness (QED) is 0.235. The van der Waals surface area contributed by atoms with Gasteiger partial charge in [0.15, 0.2) is 5.84 Å². The lowest BCUT2D eigenvalue weighted by atomic mass is 9.83. The fraction of sp³-hybridized carbons (Fsp3) is 0.538. The number of amidine groups is 1. The van der Waals surface area contributed by atoms with Gasteiger partial charge < -0.3 is 14.9 Å². The maximum Gasteiger partial charge on any atom is 0.206 e. The number of nitrogens with zero attached hydrogens (tertiary/aromatic N) is 5. The Morgan fingerprint density at radius 2 is 1.97 bits per heavy atom.